The van der Waals surface area contributed by atoms with Gasteiger partial charge in [-0.05, 0) is 52.0 Å². The van der Waals surface area contributed by atoms with Crippen LogP contribution in [0.2, 0.25) is 5.28 Å². The first-order valence-electron chi connectivity index (χ1n) is 5.95. The lowest BCUT2D eigenvalue weighted by Gasteiger charge is -2.09. The van der Waals surface area contributed by atoms with Crippen LogP contribution in [-0.4, -0.2) is 15.0 Å². The Bertz CT molecular complexity index is 574. The average molecular weight is 342 g/mol. The van der Waals surface area contributed by atoms with E-state index in [-0.39, 0.29) is 5.28 Å². The summed E-state index contributed by atoms with van der Waals surface area (Å²) in [6, 6.07) is 5.89. The van der Waals surface area contributed by atoms with Crippen molar-refractivity contribution in [2.24, 2.45) is 5.92 Å². The highest BCUT2D eigenvalue weighted by atomic mass is 79.9. The first-order valence-corrected chi connectivity index (χ1v) is 7.12. The van der Waals surface area contributed by atoms with Gasteiger partial charge in [0, 0.05) is 11.9 Å². The summed E-state index contributed by atoms with van der Waals surface area (Å²) in [4.78, 5) is 12.5. The van der Waals surface area contributed by atoms with Crippen molar-refractivity contribution in [2.45, 2.75) is 20.3 Å². The van der Waals surface area contributed by atoms with Crippen molar-refractivity contribution in [2.75, 3.05) is 5.32 Å². The van der Waals surface area contributed by atoms with Gasteiger partial charge in [-0.1, -0.05) is 19.9 Å². The van der Waals surface area contributed by atoms with Crippen LogP contribution in [-0.2, 0) is 6.42 Å². The van der Waals surface area contributed by atoms with E-state index in [1.165, 1.54) is 0 Å². The number of halogens is 2. The Kier molecular flexibility index (Phi) is 4.71. The third kappa shape index (κ3) is 4.14. The van der Waals surface area contributed by atoms with Gasteiger partial charge in [-0.2, -0.15) is 4.98 Å². The molecule has 0 fully saturated rings. The van der Waals surface area contributed by atoms with Crippen LogP contribution >= 0.6 is 27.5 Å². The molecule has 0 radical (unpaired) electrons. The van der Waals surface area contributed by atoms with E-state index >= 15 is 0 Å². The molecular formula is C13H14BrClN4. The molecule has 0 atom stereocenters. The maximum absolute atomic E-state index is 5.78. The zero-order valence-corrected chi connectivity index (χ0v) is 13.0. The van der Waals surface area contributed by atoms with Crippen molar-refractivity contribution in [3.8, 4) is 0 Å². The van der Waals surface area contributed by atoms with Crippen LogP contribution in [0, 0.1) is 5.92 Å². The highest BCUT2D eigenvalue weighted by Crippen LogP contribution is 2.23. The quantitative estimate of drug-likeness (QED) is 0.846. The molecule has 6 heteroatoms. The Hall–Kier alpha value is -1.20. The summed E-state index contributed by atoms with van der Waals surface area (Å²) in [5, 5.41) is 3.33. The van der Waals surface area contributed by atoms with Crippen molar-refractivity contribution < 1.29 is 0 Å². The summed E-state index contributed by atoms with van der Waals surface area (Å²) >= 11 is 9.15. The smallest absolute Gasteiger partial charge is 0.224 e. The normalized spacial score (nSPS) is 10.8. The van der Waals surface area contributed by atoms with E-state index in [2.05, 4.69) is 50.0 Å². The zero-order valence-electron chi connectivity index (χ0n) is 10.7. The zero-order chi connectivity index (χ0) is 13.8. The van der Waals surface area contributed by atoms with E-state index in [1.807, 2.05) is 18.2 Å². The first kappa shape index (κ1) is 14.2. The van der Waals surface area contributed by atoms with Gasteiger partial charge in [0.05, 0.1) is 4.47 Å². The van der Waals surface area contributed by atoms with Crippen LogP contribution < -0.4 is 5.32 Å². The molecule has 1 N–H and O–H groups in total. The molecular weight excluding hydrogens is 328 g/mol. The van der Waals surface area contributed by atoms with Gasteiger partial charge >= 0.3 is 0 Å². The molecule has 0 aliphatic rings. The highest BCUT2D eigenvalue weighted by molar-refractivity contribution is 9.10. The van der Waals surface area contributed by atoms with Gasteiger partial charge in [0.2, 0.25) is 5.28 Å². The number of hydrogen-bond donors (Lipinski definition) is 1. The molecule has 2 aromatic rings. The molecule has 100 valence electrons. The van der Waals surface area contributed by atoms with E-state index in [1.54, 1.807) is 6.20 Å². The van der Waals surface area contributed by atoms with Crippen LogP contribution in [0.1, 0.15) is 19.5 Å². The lowest BCUT2D eigenvalue weighted by Crippen LogP contribution is -2.02. The van der Waals surface area contributed by atoms with Gasteiger partial charge in [-0.25, -0.2) is 9.97 Å². The second kappa shape index (κ2) is 6.30. The number of anilines is 2. The molecule has 4 nitrogen and oxygen atoms in total. The minimum Gasteiger partial charge on any atom is -0.324 e. The Morgan fingerprint density at radius 2 is 2.11 bits per heavy atom. The number of hydrogen-bond acceptors (Lipinski definition) is 4. The van der Waals surface area contributed by atoms with E-state index in [0.717, 1.165) is 22.4 Å². The van der Waals surface area contributed by atoms with Crippen molar-refractivity contribution >= 4 is 39.2 Å². The average Bonchev–Trinajstić information content (AvgIpc) is 2.33. The third-order valence-corrected chi connectivity index (χ3v) is 3.15. The molecule has 2 rings (SSSR count). The number of rotatable bonds is 4. The van der Waals surface area contributed by atoms with Crippen LogP contribution in [0.3, 0.4) is 0 Å². The topological polar surface area (TPSA) is 50.7 Å². The van der Waals surface area contributed by atoms with Crippen LogP contribution in [0.15, 0.2) is 28.9 Å². The standard InChI is InChI=1S/C13H14BrClN4/c1-8(2)6-9-4-3-5-11(17-9)18-12-10(14)7-16-13(15)19-12/h3-5,7-8H,6H2,1-2H3,(H,16,17,18,19). The second-order valence-corrected chi connectivity index (χ2v) is 5.77. The van der Waals surface area contributed by atoms with Gasteiger partial charge in [0.25, 0.3) is 0 Å². The fourth-order valence-corrected chi connectivity index (χ4v) is 2.06. The summed E-state index contributed by atoms with van der Waals surface area (Å²) in [7, 11) is 0. The predicted octanol–water partition coefficient (Wildman–Crippen LogP) is 4.23. The minimum atomic E-state index is 0.198. The molecule has 0 bridgehead atoms. The van der Waals surface area contributed by atoms with Crippen molar-refractivity contribution in [1.82, 2.24) is 15.0 Å². The van der Waals surface area contributed by atoms with Gasteiger partial charge < -0.3 is 5.32 Å². The molecule has 0 spiro atoms. The Labute approximate surface area is 125 Å². The fraction of sp³-hybridized carbons (Fsp3) is 0.308. The first-order chi connectivity index (χ1) is 9.04. The number of pyridine rings is 1. The van der Waals surface area contributed by atoms with Gasteiger partial charge in [-0.3, -0.25) is 0 Å². The Balaban J connectivity index is 2.21. The number of aromatic nitrogens is 3. The molecule has 0 aromatic carbocycles. The molecule has 0 aliphatic carbocycles. The van der Waals surface area contributed by atoms with E-state index in [9.17, 15) is 0 Å². The maximum Gasteiger partial charge on any atom is 0.224 e. The van der Waals surface area contributed by atoms with Crippen molar-refractivity contribution in [3.63, 3.8) is 0 Å². The van der Waals surface area contributed by atoms with E-state index < -0.39 is 0 Å². The van der Waals surface area contributed by atoms with Crippen LogP contribution in [0.4, 0.5) is 11.6 Å². The molecule has 0 unspecified atom stereocenters. The van der Waals surface area contributed by atoms with E-state index in [0.29, 0.717) is 11.7 Å². The predicted molar refractivity (Wildman–Crippen MR) is 80.8 cm³/mol. The Morgan fingerprint density at radius 3 is 2.84 bits per heavy atom. The molecule has 0 saturated carbocycles. The molecule has 2 aromatic heterocycles. The van der Waals surface area contributed by atoms with Crippen LogP contribution in [0.25, 0.3) is 0 Å². The maximum atomic E-state index is 5.78. The molecule has 0 aliphatic heterocycles. The van der Waals surface area contributed by atoms with E-state index in [4.69, 9.17) is 11.6 Å². The van der Waals surface area contributed by atoms with Crippen LogP contribution in [0.5, 0.6) is 0 Å². The fourth-order valence-electron chi connectivity index (χ4n) is 1.64. The SMILES string of the molecule is CC(C)Cc1cccc(Nc2nc(Cl)ncc2Br)n1. The minimum absolute atomic E-state index is 0.198. The third-order valence-electron chi connectivity index (χ3n) is 2.39. The summed E-state index contributed by atoms with van der Waals surface area (Å²) < 4.78 is 0.743. The van der Waals surface area contributed by atoms with Crippen molar-refractivity contribution in [1.29, 1.82) is 0 Å². The summed E-state index contributed by atoms with van der Waals surface area (Å²) in [5.41, 5.74) is 1.05. The highest BCUT2D eigenvalue weighted by Gasteiger charge is 2.06. The van der Waals surface area contributed by atoms with Gasteiger partial charge in [0.1, 0.15) is 5.82 Å². The second-order valence-electron chi connectivity index (χ2n) is 4.57. The lowest BCUT2D eigenvalue weighted by molar-refractivity contribution is 0.636. The van der Waals surface area contributed by atoms with Crippen molar-refractivity contribution in [3.05, 3.63) is 39.8 Å². The summed E-state index contributed by atoms with van der Waals surface area (Å²) in [5.74, 6) is 1.92. The molecule has 2 heterocycles. The lowest BCUT2D eigenvalue weighted by atomic mass is 10.1. The number of nitrogens with zero attached hydrogens (tertiary/aromatic N) is 3. The summed E-state index contributed by atoms with van der Waals surface area (Å²) in [6.45, 7) is 4.34. The molecule has 19 heavy (non-hydrogen) atoms. The largest absolute Gasteiger partial charge is 0.324 e. The summed E-state index contributed by atoms with van der Waals surface area (Å²) in [6.07, 6.45) is 2.55. The Morgan fingerprint density at radius 1 is 1.32 bits per heavy atom. The van der Waals surface area contributed by atoms with Gasteiger partial charge in [-0.15, -0.1) is 0 Å². The molecule has 0 saturated heterocycles. The number of nitrogens with one attached hydrogen (secondary N) is 1. The monoisotopic (exact) mass is 340 g/mol. The molecule has 0 amide bonds. The van der Waals surface area contributed by atoms with Gasteiger partial charge in [0.15, 0.2) is 5.82 Å².